The monoisotopic (exact) mass is 273 g/mol. The number of nitrogens with one attached hydrogen (secondary N) is 1. The van der Waals surface area contributed by atoms with E-state index in [0.29, 0.717) is 24.1 Å². The van der Waals surface area contributed by atoms with E-state index in [-0.39, 0.29) is 11.3 Å². The fraction of sp³-hybridized carbons (Fsp3) is 0.167. The summed E-state index contributed by atoms with van der Waals surface area (Å²) < 4.78 is 2.98. The zero-order valence-electron chi connectivity index (χ0n) is 10.4. The summed E-state index contributed by atoms with van der Waals surface area (Å²) in [6, 6.07) is 4.75. The number of benzene rings is 1. The van der Waals surface area contributed by atoms with Crippen LogP contribution in [-0.2, 0) is 13.1 Å². The van der Waals surface area contributed by atoms with Crippen LogP contribution in [0.15, 0.2) is 35.4 Å². The van der Waals surface area contributed by atoms with Gasteiger partial charge in [0.2, 0.25) is 0 Å². The lowest BCUT2D eigenvalue weighted by molar-refractivity contribution is 0.0698. The Morgan fingerprint density at radius 1 is 1.35 bits per heavy atom. The van der Waals surface area contributed by atoms with Crippen molar-refractivity contribution in [3.63, 3.8) is 0 Å². The molecule has 0 unspecified atom stereocenters. The van der Waals surface area contributed by atoms with E-state index in [0.717, 1.165) is 0 Å². The zero-order valence-corrected chi connectivity index (χ0v) is 10.4. The van der Waals surface area contributed by atoms with Crippen LogP contribution >= 0.6 is 0 Å². The van der Waals surface area contributed by atoms with Crippen LogP contribution in [0.3, 0.4) is 0 Å². The van der Waals surface area contributed by atoms with Crippen LogP contribution in [0, 0.1) is 0 Å². The van der Waals surface area contributed by atoms with E-state index < -0.39 is 5.97 Å². The second-order valence-corrected chi connectivity index (χ2v) is 4.25. The highest BCUT2D eigenvalue weighted by Crippen LogP contribution is 2.16. The summed E-state index contributed by atoms with van der Waals surface area (Å²) in [7, 11) is 0. The van der Waals surface area contributed by atoms with Gasteiger partial charge in [-0.1, -0.05) is 11.3 Å². The first-order chi connectivity index (χ1) is 9.66. The van der Waals surface area contributed by atoms with Gasteiger partial charge in [0.05, 0.1) is 29.3 Å². The first-order valence-electron chi connectivity index (χ1n) is 5.96. The largest absolute Gasteiger partial charge is 0.478 e. The van der Waals surface area contributed by atoms with Gasteiger partial charge in [0.1, 0.15) is 0 Å². The number of imidazole rings is 1. The number of aryl methyl sites for hydroxylation is 2. The molecular formula is C12H11N5O3. The number of carboxylic acids is 1. The number of fused-ring (bicyclic) bond motifs is 1. The molecule has 0 aliphatic rings. The number of carboxylic acid groups (broad SMARTS) is 1. The first-order valence-corrected chi connectivity index (χ1v) is 5.96. The van der Waals surface area contributed by atoms with Crippen LogP contribution in [0.25, 0.3) is 11.0 Å². The summed E-state index contributed by atoms with van der Waals surface area (Å²) in [5.74, 6) is -1.07. The topological polar surface area (TPSA) is 106 Å². The quantitative estimate of drug-likeness (QED) is 0.712. The van der Waals surface area contributed by atoms with Crippen molar-refractivity contribution in [1.82, 2.24) is 24.5 Å². The molecule has 2 aromatic heterocycles. The fourth-order valence-electron chi connectivity index (χ4n) is 2.16. The molecule has 8 heteroatoms. The van der Waals surface area contributed by atoms with Gasteiger partial charge in [-0.05, 0) is 12.1 Å². The van der Waals surface area contributed by atoms with E-state index in [1.165, 1.54) is 10.6 Å². The molecule has 0 amide bonds. The number of H-pyrrole nitrogens is 1. The molecule has 102 valence electrons. The minimum absolute atomic E-state index is 0.0967. The highest BCUT2D eigenvalue weighted by molar-refractivity contribution is 6.01. The third kappa shape index (κ3) is 1.96. The van der Waals surface area contributed by atoms with Gasteiger partial charge >= 0.3 is 11.7 Å². The standard InChI is InChI=1S/C12H11N5O3/c18-11(19)8-2-1-3-9-10(8)17(12(20)14-9)7-6-16-5-4-13-15-16/h1-5H,6-7H2,(H,14,20)(H,18,19). The van der Waals surface area contributed by atoms with Crippen molar-refractivity contribution in [3.05, 3.63) is 46.6 Å². The van der Waals surface area contributed by atoms with Crippen LogP contribution in [0.5, 0.6) is 0 Å². The van der Waals surface area contributed by atoms with Crippen molar-refractivity contribution in [2.45, 2.75) is 13.1 Å². The maximum atomic E-state index is 11.9. The van der Waals surface area contributed by atoms with E-state index >= 15 is 0 Å². The van der Waals surface area contributed by atoms with Gasteiger partial charge in [-0.15, -0.1) is 5.10 Å². The Balaban J connectivity index is 2.07. The van der Waals surface area contributed by atoms with Crippen LogP contribution in [0.2, 0.25) is 0 Å². The molecule has 0 radical (unpaired) electrons. The molecule has 2 heterocycles. The van der Waals surface area contributed by atoms with E-state index in [1.807, 2.05) is 0 Å². The van der Waals surface area contributed by atoms with Crippen molar-refractivity contribution in [1.29, 1.82) is 0 Å². The second kappa shape index (κ2) is 4.65. The number of aromatic carboxylic acids is 1. The average Bonchev–Trinajstić information content (AvgIpc) is 3.02. The fourth-order valence-corrected chi connectivity index (χ4v) is 2.16. The van der Waals surface area contributed by atoms with Crippen molar-refractivity contribution in [3.8, 4) is 0 Å². The Kier molecular flexibility index (Phi) is 2.82. The highest BCUT2D eigenvalue weighted by atomic mass is 16.4. The van der Waals surface area contributed by atoms with E-state index in [4.69, 9.17) is 0 Å². The second-order valence-electron chi connectivity index (χ2n) is 4.25. The Morgan fingerprint density at radius 2 is 2.20 bits per heavy atom. The molecule has 0 atom stereocenters. The molecule has 0 saturated carbocycles. The van der Waals surface area contributed by atoms with Crippen molar-refractivity contribution >= 4 is 17.0 Å². The van der Waals surface area contributed by atoms with Gasteiger partial charge in [-0.2, -0.15) is 0 Å². The molecule has 2 N–H and O–H groups in total. The number of rotatable bonds is 4. The van der Waals surface area contributed by atoms with Gasteiger partial charge in [0.15, 0.2) is 0 Å². The lowest BCUT2D eigenvalue weighted by atomic mass is 10.2. The molecule has 1 aromatic carbocycles. The molecule has 0 fully saturated rings. The van der Waals surface area contributed by atoms with E-state index in [9.17, 15) is 14.7 Å². The first kappa shape index (κ1) is 12.2. The smallest absolute Gasteiger partial charge is 0.337 e. The zero-order chi connectivity index (χ0) is 14.1. The van der Waals surface area contributed by atoms with Gasteiger partial charge in [-0.3, -0.25) is 9.25 Å². The lowest BCUT2D eigenvalue weighted by Gasteiger charge is -2.05. The molecule has 0 saturated heterocycles. The third-order valence-corrected chi connectivity index (χ3v) is 3.05. The van der Waals surface area contributed by atoms with Crippen molar-refractivity contribution in [2.24, 2.45) is 0 Å². The predicted molar refractivity (Wildman–Crippen MR) is 69.5 cm³/mol. The molecule has 0 spiro atoms. The lowest BCUT2D eigenvalue weighted by Crippen LogP contribution is -2.20. The minimum Gasteiger partial charge on any atom is -0.478 e. The summed E-state index contributed by atoms with van der Waals surface area (Å²) in [5, 5.41) is 16.7. The summed E-state index contributed by atoms with van der Waals surface area (Å²) in [6.07, 6.45) is 3.22. The molecule has 8 nitrogen and oxygen atoms in total. The van der Waals surface area contributed by atoms with Gasteiger partial charge < -0.3 is 10.1 Å². The number of nitrogens with zero attached hydrogens (tertiary/aromatic N) is 4. The summed E-state index contributed by atoms with van der Waals surface area (Å²) in [5.41, 5.74) is 0.659. The van der Waals surface area contributed by atoms with Crippen molar-refractivity contribution < 1.29 is 9.90 Å². The number of aromatic amines is 1. The normalized spacial score (nSPS) is 11.0. The Bertz CT molecular complexity index is 815. The van der Waals surface area contributed by atoms with Crippen LogP contribution in [0.4, 0.5) is 0 Å². The van der Waals surface area contributed by atoms with Crippen LogP contribution < -0.4 is 5.69 Å². The van der Waals surface area contributed by atoms with Crippen LogP contribution in [0.1, 0.15) is 10.4 Å². The number of aromatic nitrogens is 5. The maximum absolute atomic E-state index is 11.9. The minimum atomic E-state index is -1.07. The number of hydrogen-bond acceptors (Lipinski definition) is 4. The Labute approximate surface area is 112 Å². The van der Waals surface area contributed by atoms with Gasteiger partial charge in [0, 0.05) is 12.7 Å². The highest BCUT2D eigenvalue weighted by Gasteiger charge is 2.15. The Hall–Kier alpha value is -2.90. The summed E-state index contributed by atoms with van der Waals surface area (Å²) in [6.45, 7) is 0.743. The van der Waals surface area contributed by atoms with E-state index in [2.05, 4.69) is 15.3 Å². The molecule has 0 aliphatic carbocycles. The Morgan fingerprint density at radius 3 is 2.90 bits per heavy atom. The van der Waals surface area contributed by atoms with E-state index in [1.54, 1.807) is 29.2 Å². The number of hydrogen-bond donors (Lipinski definition) is 2. The summed E-state index contributed by atoms with van der Waals surface area (Å²) >= 11 is 0. The van der Waals surface area contributed by atoms with Gasteiger partial charge in [-0.25, -0.2) is 9.59 Å². The third-order valence-electron chi connectivity index (χ3n) is 3.05. The number of carbonyl (C=O) groups is 1. The van der Waals surface area contributed by atoms with Crippen LogP contribution in [-0.4, -0.2) is 35.6 Å². The van der Waals surface area contributed by atoms with Crippen molar-refractivity contribution in [2.75, 3.05) is 0 Å². The molecular weight excluding hydrogens is 262 g/mol. The molecule has 0 bridgehead atoms. The number of para-hydroxylation sites is 1. The maximum Gasteiger partial charge on any atom is 0.337 e. The SMILES string of the molecule is O=C(O)c1cccc2[nH]c(=O)n(CCn3ccnn3)c12. The molecule has 3 rings (SSSR count). The molecule has 0 aliphatic heterocycles. The molecule has 20 heavy (non-hydrogen) atoms. The predicted octanol–water partition coefficient (Wildman–Crippen LogP) is 0.319. The average molecular weight is 273 g/mol. The molecule has 3 aromatic rings. The summed E-state index contributed by atoms with van der Waals surface area (Å²) in [4.78, 5) is 25.8. The van der Waals surface area contributed by atoms with Gasteiger partial charge in [0.25, 0.3) is 0 Å².